The number of rotatable bonds is 6. The van der Waals surface area contributed by atoms with Crippen LogP contribution in [0.25, 0.3) is 0 Å². The summed E-state index contributed by atoms with van der Waals surface area (Å²) in [6.07, 6.45) is 2.51. The fourth-order valence-electron chi connectivity index (χ4n) is 2.20. The molecule has 1 N–H and O–H groups in total. The molecule has 1 amide bonds. The molecule has 0 aliphatic carbocycles. The van der Waals surface area contributed by atoms with Gasteiger partial charge < -0.3 is 14.7 Å². The number of aromatic nitrogens is 1. The number of hydrogen-bond acceptors (Lipinski definition) is 4. The summed E-state index contributed by atoms with van der Waals surface area (Å²) in [5.74, 6) is -1.92. The van der Waals surface area contributed by atoms with Gasteiger partial charge in [-0.15, -0.1) is 0 Å². The van der Waals surface area contributed by atoms with Gasteiger partial charge in [0.15, 0.2) is 0 Å². The smallest absolute Gasteiger partial charge is 0.305 e. The zero-order valence-electron chi connectivity index (χ0n) is 11.5. The van der Waals surface area contributed by atoms with Crippen LogP contribution in [0.2, 0.25) is 0 Å². The van der Waals surface area contributed by atoms with Crippen molar-refractivity contribution in [2.75, 3.05) is 19.7 Å². The number of pyridine rings is 1. The second-order valence-electron chi connectivity index (χ2n) is 4.89. The Morgan fingerprint density at radius 3 is 2.86 bits per heavy atom. The third kappa shape index (κ3) is 4.49. The molecule has 1 aromatic rings. The van der Waals surface area contributed by atoms with Crippen LogP contribution in [0.3, 0.4) is 0 Å². The van der Waals surface area contributed by atoms with Crippen molar-refractivity contribution in [1.29, 1.82) is 0 Å². The largest absolute Gasteiger partial charge is 0.481 e. The van der Waals surface area contributed by atoms with E-state index >= 15 is 0 Å². The highest BCUT2D eigenvalue weighted by Gasteiger charge is 2.24. The van der Waals surface area contributed by atoms with E-state index in [-0.39, 0.29) is 24.8 Å². The van der Waals surface area contributed by atoms with Crippen molar-refractivity contribution in [3.05, 3.63) is 29.8 Å². The summed E-state index contributed by atoms with van der Waals surface area (Å²) in [4.78, 5) is 28.2. The van der Waals surface area contributed by atoms with Gasteiger partial charge in [0.1, 0.15) is 11.5 Å². The first kappa shape index (κ1) is 15.4. The first-order valence-electron chi connectivity index (χ1n) is 6.80. The number of aliphatic carboxylic acids is 1. The van der Waals surface area contributed by atoms with Gasteiger partial charge in [0.2, 0.25) is 0 Å². The van der Waals surface area contributed by atoms with Gasteiger partial charge in [-0.05, 0) is 25.0 Å². The molecule has 1 unspecified atom stereocenters. The molecule has 1 aliphatic rings. The molecule has 1 atom stereocenters. The molecular formula is C14H17FN2O4. The Bertz CT molecular complexity index is 500. The number of amides is 1. The Labute approximate surface area is 121 Å². The van der Waals surface area contributed by atoms with Crippen LogP contribution in [-0.4, -0.2) is 52.7 Å². The second kappa shape index (κ2) is 7.12. The van der Waals surface area contributed by atoms with Crippen molar-refractivity contribution in [3.63, 3.8) is 0 Å². The fraction of sp³-hybridized carbons (Fsp3) is 0.500. The van der Waals surface area contributed by atoms with Crippen molar-refractivity contribution >= 4 is 11.9 Å². The lowest BCUT2D eigenvalue weighted by molar-refractivity contribution is -0.137. The number of nitrogens with zero attached hydrogens (tertiary/aromatic N) is 2. The first-order valence-corrected chi connectivity index (χ1v) is 6.80. The Kier molecular flexibility index (Phi) is 5.21. The van der Waals surface area contributed by atoms with Crippen LogP contribution in [0.1, 0.15) is 29.8 Å². The maximum atomic E-state index is 12.8. The topological polar surface area (TPSA) is 79.7 Å². The molecular weight excluding hydrogens is 279 g/mol. The molecule has 1 fully saturated rings. The van der Waals surface area contributed by atoms with Crippen molar-refractivity contribution < 1.29 is 23.8 Å². The second-order valence-corrected chi connectivity index (χ2v) is 4.89. The fourth-order valence-corrected chi connectivity index (χ4v) is 2.20. The van der Waals surface area contributed by atoms with Gasteiger partial charge >= 0.3 is 5.97 Å². The Balaban J connectivity index is 2.06. The van der Waals surface area contributed by atoms with Crippen LogP contribution >= 0.6 is 0 Å². The van der Waals surface area contributed by atoms with Crippen LogP contribution in [0, 0.1) is 5.82 Å². The quantitative estimate of drug-likeness (QED) is 0.856. The maximum absolute atomic E-state index is 12.8. The van der Waals surface area contributed by atoms with E-state index in [4.69, 9.17) is 9.84 Å². The van der Waals surface area contributed by atoms with Crippen LogP contribution in [0.15, 0.2) is 18.3 Å². The molecule has 114 valence electrons. The predicted octanol–water partition coefficient (Wildman–Crippen LogP) is 1.32. The molecule has 0 radical (unpaired) electrons. The molecule has 1 aromatic heterocycles. The van der Waals surface area contributed by atoms with Crippen molar-refractivity contribution in [2.45, 2.75) is 25.4 Å². The third-order valence-electron chi connectivity index (χ3n) is 3.28. The Hall–Kier alpha value is -2.02. The van der Waals surface area contributed by atoms with Crippen LogP contribution in [-0.2, 0) is 9.53 Å². The molecule has 0 saturated carbocycles. The van der Waals surface area contributed by atoms with Crippen LogP contribution in [0.4, 0.5) is 4.39 Å². The van der Waals surface area contributed by atoms with E-state index < -0.39 is 17.7 Å². The summed E-state index contributed by atoms with van der Waals surface area (Å²) in [5, 5.41) is 8.78. The normalized spacial score (nSPS) is 17.7. The van der Waals surface area contributed by atoms with E-state index in [1.165, 1.54) is 11.0 Å². The number of carboxylic acids is 1. The van der Waals surface area contributed by atoms with Gasteiger partial charge in [0.25, 0.3) is 5.91 Å². The lowest BCUT2D eigenvalue weighted by atomic mass is 10.2. The zero-order chi connectivity index (χ0) is 15.2. The Morgan fingerprint density at radius 2 is 2.29 bits per heavy atom. The minimum absolute atomic E-state index is 0.0765. The van der Waals surface area contributed by atoms with Gasteiger partial charge in [0.05, 0.1) is 18.7 Å². The minimum atomic E-state index is -0.979. The molecule has 1 aliphatic heterocycles. The van der Waals surface area contributed by atoms with Gasteiger partial charge in [-0.1, -0.05) is 0 Å². The first-order chi connectivity index (χ1) is 10.1. The maximum Gasteiger partial charge on any atom is 0.305 e. The SMILES string of the molecule is O=C(O)CCN(CC1CCCO1)C(=O)c1ccc(F)cn1. The highest BCUT2D eigenvalue weighted by atomic mass is 19.1. The molecule has 7 heteroatoms. The van der Waals surface area contributed by atoms with Crippen LogP contribution < -0.4 is 0 Å². The minimum Gasteiger partial charge on any atom is -0.481 e. The lowest BCUT2D eigenvalue weighted by Gasteiger charge is -2.24. The van der Waals surface area contributed by atoms with Gasteiger partial charge in [-0.25, -0.2) is 9.37 Å². The zero-order valence-corrected chi connectivity index (χ0v) is 11.5. The molecule has 2 heterocycles. The number of carboxylic acid groups (broad SMARTS) is 1. The average molecular weight is 296 g/mol. The number of halogens is 1. The van der Waals surface area contributed by atoms with Crippen molar-refractivity contribution in [3.8, 4) is 0 Å². The van der Waals surface area contributed by atoms with E-state index in [1.54, 1.807) is 0 Å². The highest BCUT2D eigenvalue weighted by molar-refractivity contribution is 5.92. The van der Waals surface area contributed by atoms with Crippen molar-refractivity contribution in [2.24, 2.45) is 0 Å². The monoisotopic (exact) mass is 296 g/mol. The highest BCUT2D eigenvalue weighted by Crippen LogP contribution is 2.15. The number of carbonyl (C=O) groups excluding carboxylic acids is 1. The summed E-state index contributed by atoms with van der Waals surface area (Å²) in [6, 6.07) is 2.45. The van der Waals surface area contributed by atoms with Gasteiger partial charge in [-0.3, -0.25) is 9.59 Å². The number of ether oxygens (including phenoxy) is 1. The third-order valence-corrected chi connectivity index (χ3v) is 3.28. The summed E-state index contributed by atoms with van der Waals surface area (Å²) in [7, 11) is 0. The van der Waals surface area contributed by atoms with E-state index in [0.29, 0.717) is 13.2 Å². The van der Waals surface area contributed by atoms with E-state index in [1.807, 2.05) is 0 Å². The van der Waals surface area contributed by atoms with E-state index in [0.717, 1.165) is 25.1 Å². The summed E-state index contributed by atoms with van der Waals surface area (Å²) >= 11 is 0. The standard InChI is InChI=1S/C14H17FN2O4/c15-10-3-4-12(16-8-10)14(20)17(6-5-13(18)19)9-11-2-1-7-21-11/h3-4,8,11H,1-2,5-7,9H2,(H,18,19). The molecule has 0 aromatic carbocycles. The van der Waals surface area contributed by atoms with E-state index in [2.05, 4.69) is 4.98 Å². The Morgan fingerprint density at radius 1 is 1.48 bits per heavy atom. The molecule has 1 saturated heterocycles. The number of hydrogen-bond donors (Lipinski definition) is 1. The van der Waals surface area contributed by atoms with Crippen molar-refractivity contribution in [1.82, 2.24) is 9.88 Å². The molecule has 21 heavy (non-hydrogen) atoms. The predicted molar refractivity (Wildman–Crippen MR) is 71.3 cm³/mol. The van der Waals surface area contributed by atoms with E-state index in [9.17, 15) is 14.0 Å². The molecule has 0 bridgehead atoms. The summed E-state index contributed by atoms with van der Waals surface area (Å²) in [6.45, 7) is 1.05. The van der Waals surface area contributed by atoms with Gasteiger partial charge in [0, 0.05) is 19.7 Å². The van der Waals surface area contributed by atoms with Crippen LogP contribution in [0.5, 0.6) is 0 Å². The molecule has 0 spiro atoms. The van der Waals surface area contributed by atoms with Gasteiger partial charge in [-0.2, -0.15) is 0 Å². The summed E-state index contributed by atoms with van der Waals surface area (Å²) in [5.41, 5.74) is 0.0970. The number of carbonyl (C=O) groups is 2. The molecule has 2 rings (SSSR count). The average Bonchev–Trinajstić information content (AvgIpc) is 2.96. The summed E-state index contributed by atoms with van der Waals surface area (Å²) < 4.78 is 18.3. The molecule has 6 nitrogen and oxygen atoms in total. The lowest BCUT2D eigenvalue weighted by Crippen LogP contribution is -2.39.